The van der Waals surface area contributed by atoms with Gasteiger partial charge in [0.2, 0.25) is 5.91 Å². The second-order valence-electron chi connectivity index (χ2n) is 4.29. The molecule has 4 nitrogen and oxygen atoms in total. The normalized spacial score (nSPS) is 19.2. The summed E-state index contributed by atoms with van der Waals surface area (Å²) in [6.07, 6.45) is 2.53. The summed E-state index contributed by atoms with van der Waals surface area (Å²) in [7, 11) is 0. The maximum Gasteiger partial charge on any atom is 0.222 e. The topological polar surface area (TPSA) is 58.6 Å². The van der Waals surface area contributed by atoms with Gasteiger partial charge in [-0.3, -0.25) is 4.79 Å². The Kier molecular flexibility index (Phi) is 3.98. The summed E-state index contributed by atoms with van der Waals surface area (Å²) in [5.41, 5.74) is 0.894. The zero-order chi connectivity index (χ0) is 12.1. The number of rotatable bonds is 4. The van der Waals surface area contributed by atoms with Crippen molar-refractivity contribution in [1.82, 2.24) is 5.32 Å². The van der Waals surface area contributed by atoms with Crippen molar-refractivity contribution in [1.29, 1.82) is 0 Å². The Morgan fingerprint density at radius 2 is 2.41 bits per heavy atom. The van der Waals surface area contributed by atoms with Gasteiger partial charge in [0.15, 0.2) is 0 Å². The maximum absolute atomic E-state index is 11.6. The van der Waals surface area contributed by atoms with Gasteiger partial charge in [0.05, 0.1) is 12.5 Å². The van der Waals surface area contributed by atoms with E-state index in [0.29, 0.717) is 13.0 Å². The fourth-order valence-electron chi connectivity index (χ4n) is 1.95. The first-order valence-corrected chi connectivity index (χ1v) is 5.90. The fourth-order valence-corrected chi connectivity index (χ4v) is 1.95. The summed E-state index contributed by atoms with van der Waals surface area (Å²) < 4.78 is 5.39. The number of carbonyl (C=O) groups is 1. The molecule has 1 aromatic carbocycles. The van der Waals surface area contributed by atoms with Crippen LogP contribution in [0.1, 0.15) is 24.8 Å². The molecule has 0 aliphatic carbocycles. The van der Waals surface area contributed by atoms with E-state index in [-0.39, 0.29) is 17.8 Å². The van der Waals surface area contributed by atoms with Gasteiger partial charge in [-0.2, -0.15) is 0 Å². The number of phenolic OH excluding ortho intramolecular Hbond substituents is 1. The number of amides is 1. The molecule has 0 bridgehead atoms. The molecule has 2 rings (SSSR count). The van der Waals surface area contributed by atoms with E-state index < -0.39 is 0 Å². The lowest BCUT2D eigenvalue weighted by Crippen LogP contribution is -2.26. The van der Waals surface area contributed by atoms with Crippen molar-refractivity contribution in [3.8, 4) is 5.75 Å². The van der Waals surface area contributed by atoms with Gasteiger partial charge in [0.25, 0.3) is 0 Å². The number of phenols is 1. The zero-order valence-electron chi connectivity index (χ0n) is 9.69. The molecule has 92 valence electrons. The highest BCUT2D eigenvalue weighted by Crippen LogP contribution is 2.15. The summed E-state index contributed by atoms with van der Waals surface area (Å²) in [5.74, 6) is 0.219. The maximum atomic E-state index is 11.6. The van der Waals surface area contributed by atoms with E-state index in [0.717, 1.165) is 25.0 Å². The molecule has 1 fully saturated rings. The van der Waals surface area contributed by atoms with Crippen LogP contribution in [0.5, 0.6) is 5.75 Å². The molecule has 0 spiro atoms. The Morgan fingerprint density at radius 1 is 1.53 bits per heavy atom. The smallest absolute Gasteiger partial charge is 0.222 e. The predicted octanol–water partition coefficient (Wildman–Crippen LogP) is 1.58. The Labute approximate surface area is 101 Å². The van der Waals surface area contributed by atoms with Crippen LogP contribution < -0.4 is 5.32 Å². The third-order valence-corrected chi connectivity index (χ3v) is 2.84. The van der Waals surface area contributed by atoms with Crippen molar-refractivity contribution in [2.45, 2.75) is 31.9 Å². The fraction of sp³-hybridized carbons (Fsp3) is 0.462. The van der Waals surface area contributed by atoms with Crippen LogP contribution in [0.25, 0.3) is 0 Å². The Bertz CT molecular complexity index is 386. The van der Waals surface area contributed by atoms with E-state index in [1.165, 1.54) is 0 Å². The number of nitrogens with one attached hydrogen (secondary N) is 1. The van der Waals surface area contributed by atoms with Crippen LogP contribution in [0, 0.1) is 0 Å². The van der Waals surface area contributed by atoms with Crippen molar-refractivity contribution in [2.24, 2.45) is 0 Å². The van der Waals surface area contributed by atoms with E-state index in [4.69, 9.17) is 4.74 Å². The average Bonchev–Trinajstić information content (AvgIpc) is 2.79. The van der Waals surface area contributed by atoms with Gasteiger partial charge in [0.1, 0.15) is 5.75 Å². The Balaban J connectivity index is 1.75. The highest BCUT2D eigenvalue weighted by Gasteiger charge is 2.18. The molecule has 2 N–H and O–H groups in total. The number of hydrogen-bond donors (Lipinski definition) is 2. The number of carbonyl (C=O) groups excluding carboxylic acids is 1. The van der Waals surface area contributed by atoms with E-state index >= 15 is 0 Å². The molecular weight excluding hydrogens is 218 g/mol. The lowest BCUT2D eigenvalue weighted by molar-refractivity contribution is -0.123. The second kappa shape index (κ2) is 5.68. The predicted molar refractivity (Wildman–Crippen MR) is 63.5 cm³/mol. The molecule has 1 aromatic rings. The minimum absolute atomic E-state index is 0.000225. The molecule has 4 heteroatoms. The molecule has 1 amide bonds. The molecule has 0 saturated carbocycles. The molecule has 17 heavy (non-hydrogen) atoms. The molecule has 1 atom stereocenters. The van der Waals surface area contributed by atoms with Gasteiger partial charge in [0, 0.05) is 13.2 Å². The van der Waals surface area contributed by atoms with Crippen LogP contribution >= 0.6 is 0 Å². The first-order chi connectivity index (χ1) is 8.24. The minimum atomic E-state index is 0.000225. The molecular formula is C13H17NO3. The van der Waals surface area contributed by atoms with Gasteiger partial charge >= 0.3 is 0 Å². The molecule has 1 unspecified atom stereocenters. The highest BCUT2D eigenvalue weighted by atomic mass is 16.5. The molecule has 0 aromatic heterocycles. The van der Waals surface area contributed by atoms with Crippen LogP contribution in [-0.2, 0) is 16.1 Å². The number of ether oxygens (including phenoxy) is 1. The first-order valence-electron chi connectivity index (χ1n) is 5.90. The molecule has 0 radical (unpaired) electrons. The van der Waals surface area contributed by atoms with Crippen molar-refractivity contribution in [2.75, 3.05) is 6.61 Å². The van der Waals surface area contributed by atoms with Gasteiger partial charge in [-0.15, -0.1) is 0 Å². The largest absolute Gasteiger partial charge is 0.508 e. The van der Waals surface area contributed by atoms with Crippen molar-refractivity contribution in [3.05, 3.63) is 29.8 Å². The summed E-state index contributed by atoms with van der Waals surface area (Å²) >= 11 is 0. The van der Waals surface area contributed by atoms with Crippen LogP contribution in [0.2, 0.25) is 0 Å². The molecule has 1 heterocycles. The Hall–Kier alpha value is -1.55. The van der Waals surface area contributed by atoms with Crippen LogP contribution in [-0.4, -0.2) is 23.7 Å². The summed E-state index contributed by atoms with van der Waals surface area (Å²) in [5, 5.41) is 12.1. The third-order valence-electron chi connectivity index (χ3n) is 2.84. The van der Waals surface area contributed by atoms with E-state index in [1.807, 2.05) is 6.07 Å². The number of benzene rings is 1. The van der Waals surface area contributed by atoms with Crippen LogP contribution in [0.4, 0.5) is 0 Å². The monoisotopic (exact) mass is 235 g/mol. The van der Waals surface area contributed by atoms with Gasteiger partial charge in [-0.25, -0.2) is 0 Å². The van der Waals surface area contributed by atoms with Crippen molar-refractivity contribution >= 4 is 5.91 Å². The quantitative estimate of drug-likeness (QED) is 0.833. The summed E-state index contributed by atoms with van der Waals surface area (Å²) in [6, 6.07) is 6.88. The van der Waals surface area contributed by atoms with E-state index in [1.54, 1.807) is 18.2 Å². The molecule has 1 aliphatic heterocycles. The van der Waals surface area contributed by atoms with Gasteiger partial charge < -0.3 is 15.2 Å². The van der Waals surface area contributed by atoms with Crippen molar-refractivity contribution in [3.63, 3.8) is 0 Å². The second-order valence-corrected chi connectivity index (χ2v) is 4.29. The Morgan fingerprint density at radius 3 is 3.12 bits per heavy atom. The van der Waals surface area contributed by atoms with Crippen LogP contribution in [0.15, 0.2) is 24.3 Å². The third kappa shape index (κ3) is 3.75. The summed E-state index contributed by atoms with van der Waals surface area (Å²) in [6.45, 7) is 1.21. The SMILES string of the molecule is O=C(CC1CCCO1)NCc1cccc(O)c1. The summed E-state index contributed by atoms with van der Waals surface area (Å²) in [4.78, 5) is 11.6. The van der Waals surface area contributed by atoms with Crippen LogP contribution in [0.3, 0.4) is 0 Å². The number of aromatic hydroxyl groups is 1. The molecule has 1 saturated heterocycles. The van der Waals surface area contributed by atoms with Gasteiger partial charge in [-0.1, -0.05) is 12.1 Å². The van der Waals surface area contributed by atoms with Gasteiger partial charge in [-0.05, 0) is 30.5 Å². The standard InChI is InChI=1S/C13H17NO3/c15-11-4-1-3-10(7-11)9-14-13(16)8-12-5-2-6-17-12/h1,3-4,7,12,15H,2,5-6,8-9H2,(H,14,16). The lowest BCUT2D eigenvalue weighted by atomic mass is 10.1. The van der Waals surface area contributed by atoms with Crippen molar-refractivity contribution < 1.29 is 14.6 Å². The zero-order valence-corrected chi connectivity index (χ0v) is 9.69. The first kappa shape index (κ1) is 11.9. The minimum Gasteiger partial charge on any atom is -0.508 e. The highest BCUT2D eigenvalue weighted by molar-refractivity contribution is 5.76. The van der Waals surface area contributed by atoms with E-state index in [2.05, 4.69) is 5.32 Å². The molecule has 1 aliphatic rings. The average molecular weight is 235 g/mol. The van der Waals surface area contributed by atoms with E-state index in [9.17, 15) is 9.90 Å². The number of hydrogen-bond acceptors (Lipinski definition) is 3. The lowest BCUT2D eigenvalue weighted by Gasteiger charge is -2.09.